The summed E-state index contributed by atoms with van der Waals surface area (Å²) in [4.78, 5) is 0. The van der Waals surface area contributed by atoms with Crippen molar-refractivity contribution in [2.75, 3.05) is 5.32 Å². The van der Waals surface area contributed by atoms with Crippen molar-refractivity contribution in [3.8, 4) is 0 Å². The van der Waals surface area contributed by atoms with E-state index in [0.717, 1.165) is 5.56 Å². The van der Waals surface area contributed by atoms with Crippen molar-refractivity contribution in [2.45, 2.75) is 13.0 Å². The second-order valence-electron chi connectivity index (χ2n) is 3.93. The predicted octanol–water partition coefficient (Wildman–Crippen LogP) is 4.65. The zero-order chi connectivity index (χ0) is 12.3. The molecular formula is C14H13ClFN. The molecule has 2 aromatic carbocycles. The van der Waals surface area contributed by atoms with Gasteiger partial charge in [-0.1, -0.05) is 41.9 Å². The van der Waals surface area contributed by atoms with E-state index in [1.54, 1.807) is 6.07 Å². The van der Waals surface area contributed by atoms with Gasteiger partial charge in [0.2, 0.25) is 0 Å². The fourth-order valence-corrected chi connectivity index (χ4v) is 1.93. The molecule has 0 saturated carbocycles. The quantitative estimate of drug-likeness (QED) is 0.835. The first kappa shape index (κ1) is 11.9. The van der Waals surface area contributed by atoms with Crippen LogP contribution in [0.25, 0.3) is 0 Å². The first-order valence-corrected chi connectivity index (χ1v) is 5.80. The van der Waals surface area contributed by atoms with E-state index in [0.29, 0.717) is 10.7 Å². The molecule has 2 rings (SSSR count). The molecule has 1 atom stereocenters. The number of nitrogens with one attached hydrogen (secondary N) is 1. The van der Waals surface area contributed by atoms with Gasteiger partial charge < -0.3 is 5.32 Å². The summed E-state index contributed by atoms with van der Waals surface area (Å²) in [6.07, 6.45) is 0. The van der Waals surface area contributed by atoms with E-state index < -0.39 is 0 Å². The molecule has 0 aliphatic rings. The Labute approximate surface area is 105 Å². The van der Waals surface area contributed by atoms with Gasteiger partial charge in [0.05, 0.1) is 0 Å². The molecule has 0 heterocycles. The molecule has 0 aliphatic heterocycles. The van der Waals surface area contributed by atoms with Gasteiger partial charge in [-0.25, -0.2) is 4.39 Å². The maximum atomic E-state index is 13.2. The van der Waals surface area contributed by atoms with Crippen LogP contribution in [0.15, 0.2) is 48.5 Å². The smallest absolute Gasteiger partial charge is 0.126 e. The Hall–Kier alpha value is -1.54. The van der Waals surface area contributed by atoms with Crippen LogP contribution in [0.1, 0.15) is 18.5 Å². The third-order valence-corrected chi connectivity index (χ3v) is 2.76. The fraction of sp³-hybridized carbons (Fsp3) is 0.143. The van der Waals surface area contributed by atoms with E-state index in [1.807, 2.05) is 37.3 Å². The molecule has 88 valence electrons. The lowest BCUT2D eigenvalue weighted by Gasteiger charge is -2.15. The van der Waals surface area contributed by atoms with Crippen LogP contribution in [0.5, 0.6) is 0 Å². The zero-order valence-electron chi connectivity index (χ0n) is 9.45. The highest BCUT2D eigenvalue weighted by atomic mass is 35.5. The average molecular weight is 250 g/mol. The highest BCUT2D eigenvalue weighted by Crippen LogP contribution is 2.23. The van der Waals surface area contributed by atoms with Gasteiger partial charge in [-0.05, 0) is 30.7 Å². The summed E-state index contributed by atoms with van der Waals surface area (Å²) in [5, 5.41) is 3.61. The van der Waals surface area contributed by atoms with E-state index >= 15 is 0 Å². The van der Waals surface area contributed by atoms with Crippen molar-refractivity contribution in [3.63, 3.8) is 0 Å². The molecule has 17 heavy (non-hydrogen) atoms. The van der Waals surface area contributed by atoms with E-state index in [4.69, 9.17) is 11.6 Å². The lowest BCUT2D eigenvalue weighted by molar-refractivity contribution is 0.628. The van der Waals surface area contributed by atoms with E-state index in [1.165, 1.54) is 12.1 Å². The molecule has 0 aromatic heterocycles. The van der Waals surface area contributed by atoms with Crippen LogP contribution in [0.3, 0.4) is 0 Å². The number of halogens is 2. The minimum Gasteiger partial charge on any atom is -0.378 e. The highest BCUT2D eigenvalue weighted by molar-refractivity contribution is 6.30. The normalized spacial score (nSPS) is 12.2. The van der Waals surface area contributed by atoms with Gasteiger partial charge >= 0.3 is 0 Å². The Morgan fingerprint density at radius 1 is 1.12 bits per heavy atom. The number of hydrogen-bond donors (Lipinski definition) is 1. The molecule has 0 amide bonds. The SMILES string of the molecule is CC(Nc1cc(F)cc(Cl)c1)c1ccccc1. The van der Waals surface area contributed by atoms with Crippen molar-refractivity contribution in [3.05, 3.63) is 64.9 Å². The molecule has 0 saturated heterocycles. The topological polar surface area (TPSA) is 12.0 Å². The third kappa shape index (κ3) is 3.21. The van der Waals surface area contributed by atoms with E-state index in [9.17, 15) is 4.39 Å². The predicted molar refractivity (Wildman–Crippen MR) is 69.9 cm³/mol. The maximum absolute atomic E-state index is 13.2. The number of benzene rings is 2. The average Bonchev–Trinajstić information content (AvgIpc) is 2.28. The standard InChI is InChI=1S/C14H13ClFN/c1-10(11-5-3-2-4-6-11)17-14-8-12(15)7-13(16)9-14/h2-10,17H,1H3. The van der Waals surface area contributed by atoms with Gasteiger partial charge in [-0.2, -0.15) is 0 Å². The molecular weight excluding hydrogens is 237 g/mol. The molecule has 1 unspecified atom stereocenters. The van der Waals surface area contributed by atoms with Crippen molar-refractivity contribution in [1.29, 1.82) is 0 Å². The lowest BCUT2D eigenvalue weighted by atomic mass is 10.1. The molecule has 2 aromatic rings. The van der Waals surface area contributed by atoms with Gasteiger partial charge in [-0.15, -0.1) is 0 Å². The van der Waals surface area contributed by atoms with Crippen molar-refractivity contribution < 1.29 is 4.39 Å². The molecule has 0 spiro atoms. The Morgan fingerprint density at radius 3 is 2.47 bits per heavy atom. The second-order valence-corrected chi connectivity index (χ2v) is 4.37. The van der Waals surface area contributed by atoms with Crippen LogP contribution >= 0.6 is 11.6 Å². The van der Waals surface area contributed by atoms with Crippen molar-refractivity contribution in [1.82, 2.24) is 0 Å². The maximum Gasteiger partial charge on any atom is 0.126 e. The molecule has 3 heteroatoms. The van der Waals surface area contributed by atoms with Crippen LogP contribution in [-0.2, 0) is 0 Å². The molecule has 1 nitrogen and oxygen atoms in total. The number of anilines is 1. The van der Waals surface area contributed by atoms with Gasteiger partial charge in [0.15, 0.2) is 0 Å². The zero-order valence-corrected chi connectivity index (χ0v) is 10.2. The summed E-state index contributed by atoms with van der Waals surface area (Å²) in [6, 6.07) is 14.5. The monoisotopic (exact) mass is 249 g/mol. The minimum atomic E-state index is -0.333. The number of rotatable bonds is 3. The van der Waals surface area contributed by atoms with Crippen LogP contribution < -0.4 is 5.32 Å². The lowest BCUT2D eigenvalue weighted by Crippen LogP contribution is -2.06. The Morgan fingerprint density at radius 2 is 1.82 bits per heavy atom. The van der Waals surface area contributed by atoms with Gasteiger partial charge in [0.1, 0.15) is 5.82 Å². The van der Waals surface area contributed by atoms with E-state index in [2.05, 4.69) is 5.32 Å². The first-order valence-electron chi connectivity index (χ1n) is 5.43. The van der Waals surface area contributed by atoms with Gasteiger partial charge in [0.25, 0.3) is 0 Å². The Balaban J connectivity index is 2.16. The number of hydrogen-bond acceptors (Lipinski definition) is 1. The third-order valence-electron chi connectivity index (χ3n) is 2.55. The summed E-state index contributed by atoms with van der Waals surface area (Å²) in [6.45, 7) is 2.02. The molecule has 0 radical (unpaired) electrons. The summed E-state index contributed by atoms with van der Waals surface area (Å²) in [7, 11) is 0. The van der Waals surface area contributed by atoms with Crippen LogP contribution in [0.2, 0.25) is 5.02 Å². The van der Waals surface area contributed by atoms with Crippen molar-refractivity contribution in [2.24, 2.45) is 0 Å². The molecule has 0 aliphatic carbocycles. The largest absolute Gasteiger partial charge is 0.378 e. The van der Waals surface area contributed by atoms with Gasteiger partial charge in [-0.3, -0.25) is 0 Å². The van der Waals surface area contributed by atoms with Gasteiger partial charge in [0, 0.05) is 16.8 Å². The molecule has 0 fully saturated rings. The van der Waals surface area contributed by atoms with E-state index in [-0.39, 0.29) is 11.9 Å². The van der Waals surface area contributed by atoms with Crippen molar-refractivity contribution >= 4 is 17.3 Å². The van der Waals surface area contributed by atoms with Crippen LogP contribution in [-0.4, -0.2) is 0 Å². The minimum absolute atomic E-state index is 0.106. The Bertz CT molecular complexity index is 479. The fourth-order valence-electron chi connectivity index (χ4n) is 1.71. The Kier molecular flexibility index (Phi) is 3.64. The van der Waals surface area contributed by atoms with Crippen LogP contribution in [0.4, 0.5) is 10.1 Å². The molecule has 1 N–H and O–H groups in total. The molecule has 0 bridgehead atoms. The summed E-state index contributed by atoms with van der Waals surface area (Å²) < 4.78 is 13.2. The first-order chi connectivity index (χ1) is 8.15. The summed E-state index contributed by atoms with van der Waals surface area (Å²) >= 11 is 5.80. The second kappa shape index (κ2) is 5.19. The van der Waals surface area contributed by atoms with Crippen LogP contribution in [0, 0.1) is 5.82 Å². The highest BCUT2D eigenvalue weighted by Gasteiger charge is 2.06. The summed E-state index contributed by atoms with van der Waals surface area (Å²) in [5.74, 6) is -0.333. The summed E-state index contributed by atoms with van der Waals surface area (Å²) in [5.41, 5.74) is 1.83.